The predicted molar refractivity (Wildman–Crippen MR) is 109 cm³/mol. The minimum absolute atomic E-state index is 0. The molecule has 0 spiro atoms. The van der Waals surface area contributed by atoms with Crippen molar-refractivity contribution in [2.75, 3.05) is 11.3 Å². The van der Waals surface area contributed by atoms with E-state index in [1.807, 2.05) is 0 Å². The fraction of sp³-hybridized carbons (Fsp3) is 0.316. The second kappa shape index (κ2) is 8.89. The summed E-state index contributed by atoms with van der Waals surface area (Å²) in [4.78, 5) is 12.6. The molecule has 1 amide bonds. The lowest BCUT2D eigenvalue weighted by Crippen LogP contribution is -2.42. The summed E-state index contributed by atoms with van der Waals surface area (Å²) in [5.41, 5.74) is 6.31. The van der Waals surface area contributed by atoms with E-state index in [0.717, 1.165) is 18.9 Å². The van der Waals surface area contributed by atoms with Gasteiger partial charge >= 0.3 is 0 Å². The van der Waals surface area contributed by atoms with Crippen LogP contribution < -0.4 is 15.8 Å². The molecule has 1 unspecified atom stereocenters. The summed E-state index contributed by atoms with van der Waals surface area (Å²) in [6.45, 7) is 1.82. The first-order chi connectivity index (χ1) is 12.8. The Kier molecular flexibility index (Phi) is 7.03. The number of para-hydroxylation sites is 1. The summed E-state index contributed by atoms with van der Waals surface area (Å²) >= 11 is 0. The van der Waals surface area contributed by atoms with E-state index in [-0.39, 0.29) is 46.1 Å². The number of carbonyl (C=O) groups is 1. The summed E-state index contributed by atoms with van der Waals surface area (Å²) in [6, 6.07) is 9.75. The van der Waals surface area contributed by atoms with E-state index in [9.17, 15) is 17.6 Å². The summed E-state index contributed by atoms with van der Waals surface area (Å²) < 4.78 is 41.2. The molecule has 3 rings (SSSR count). The normalized spacial score (nSPS) is 14.7. The SMILES string of the molecule is Cc1cc(S(=O)(=O)Nc2ccccc2C(=O)NC(CN)C2CC2)ccc1F.Cl. The Labute approximate surface area is 170 Å². The van der Waals surface area contributed by atoms with Crippen molar-refractivity contribution < 1.29 is 17.6 Å². The van der Waals surface area contributed by atoms with Crippen molar-refractivity contribution in [3.63, 3.8) is 0 Å². The number of carbonyl (C=O) groups excluding carboxylic acids is 1. The lowest BCUT2D eigenvalue weighted by Gasteiger charge is -2.18. The quantitative estimate of drug-likeness (QED) is 0.632. The molecule has 0 heterocycles. The lowest BCUT2D eigenvalue weighted by atomic mass is 10.1. The van der Waals surface area contributed by atoms with E-state index in [1.54, 1.807) is 18.2 Å². The van der Waals surface area contributed by atoms with E-state index in [2.05, 4.69) is 10.0 Å². The first-order valence-electron chi connectivity index (χ1n) is 8.71. The van der Waals surface area contributed by atoms with E-state index in [1.165, 1.54) is 25.1 Å². The van der Waals surface area contributed by atoms with Crippen LogP contribution in [0.2, 0.25) is 0 Å². The zero-order chi connectivity index (χ0) is 19.6. The molecule has 152 valence electrons. The van der Waals surface area contributed by atoms with Gasteiger partial charge in [0.2, 0.25) is 0 Å². The first-order valence-corrected chi connectivity index (χ1v) is 10.2. The fourth-order valence-corrected chi connectivity index (χ4v) is 4.04. The largest absolute Gasteiger partial charge is 0.348 e. The number of amides is 1. The van der Waals surface area contributed by atoms with Crippen molar-refractivity contribution in [1.82, 2.24) is 5.32 Å². The third kappa shape index (κ3) is 5.01. The summed E-state index contributed by atoms with van der Waals surface area (Å²) in [5, 5.41) is 2.88. The molecule has 28 heavy (non-hydrogen) atoms. The molecule has 0 aliphatic heterocycles. The van der Waals surface area contributed by atoms with Gasteiger partial charge in [-0.2, -0.15) is 0 Å². The van der Waals surface area contributed by atoms with Crippen molar-refractivity contribution in [3.8, 4) is 0 Å². The molecule has 0 bridgehead atoms. The average Bonchev–Trinajstić information content (AvgIpc) is 3.47. The Bertz CT molecular complexity index is 965. The molecule has 2 aromatic carbocycles. The predicted octanol–water partition coefficient (Wildman–Crippen LogP) is 2.82. The van der Waals surface area contributed by atoms with Gasteiger partial charge in [-0.15, -0.1) is 12.4 Å². The van der Waals surface area contributed by atoms with Gasteiger partial charge in [-0.25, -0.2) is 12.8 Å². The highest BCUT2D eigenvalue weighted by atomic mass is 35.5. The number of anilines is 1. The second-order valence-corrected chi connectivity index (χ2v) is 8.40. The number of aryl methyl sites for hydroxylation is 1. The minimum Gasteiger partial charge on any atom is -0.348 e. The van der Waals surface area contributed by atoms with E-state index in [0.29, 0.717) is 12.5 Å². The van der Waals surface area contributed by atoms with Crippen LogP contribution in [0.5, 0.6) is 0 Å². The molecule has 1 aliphatic carbocycles. The van der Waals surface area contributed by atoms with E-state index in [4.69, 9.17) is 5.73 Å². The zero-order valence-electron chi connectivity index (χ0n) is 15.3. The van der Waals surface area contributed by atoms with Crippen LogP contribution in [-0.4, -0.2) is 26.9 Å². The van der Waals surface area contributed by atoms with Crippen molar-refractivity contribution in [2.45, 2.75) is 30.7 Å². The Morgan fingerprint density at radius 2 is 1.93 bits per heavy atom. The summed E-state index contributed by atoms with van der Waals surface area (Å²) in [6.07, 6.45) is 2.06. The molecule has 1 atom stereocenters. The number of benzene rings is 2. The monoisotopic (exact) mass is 427 g/mol. The number of rotatable bonds is 7. The van der Waals surface area contributed by atoms with Gasteiger partial charge in [0.15, 0.2) is 0 Å². The third-order valence-electron chi connectivity index (χ3n) is 4.62. The van der Waals surface area contributed by atoms with Gasteiger partial charge in [-0.05, 0) is 61.6 Å². The van der Waals surface area contributed by atoms with Crippen molar-refractivity contribution in [1.29, 1.82) is 0 Å². The van der Waals surface area contributed by atoms with Crippen molar-refractivity contribution in [3.05, 3.63) is 59.4 Å². The van der Waals surface area contributed by atoms with E-state index >= 15 is 0 Å². The second-order valence-electron chi connectivity index (χ2n) is 6.72. The van der Waals surface area contributed by atoms with Gasteiger partial charge in [0, 0.05) is 12.6 Å². The number of nitrogens with one attached hydrogen (secondary N) is 2. The van der Waals surface area contributed by atoms with Crippen LogP contribution in [0.25, 0.3) is 0 Å². The van der Waals surface area contributed by atoms with Gasteiger partial charge in [-0.3, -0.25) is 9.52 Å². The molecule has 2 aromatic rings. The Hall–Kier alpha value is -2.16. The molecule has 6 nitrogen and oxygen atoms in total. The van der Waals surface area contributed by atoms with Gasteiger partial charge < -0.3 is 11.1 Å². The molecule has 0 aromatic heterocycles. The number of nitrogens with two attached hydrogens (primary N) is 1. The summed E-state index contributed by atoms with van der Waals surface area (Å²) in [5.74, 6) is -0.488. The molecule has 0 saturated heterocycles. The smallest absolute Gasteiger partial charge is 0.261 e. The maximum Gasteiger partial charge on any atom is 0.261 e. The van der Waals surface area contributed by atoms with Gasteiger partial charge in [0.25, 0.3) is 15.9 Å². The number of hydrogen-bond donors (Lipinski definition) is 3. The minimum atomic E-state index is -3.97. The molecule has 1 aliphatic rings. The van der Waals surface area contributed by atoms with Gasteiger partial charge in [0.1, 0.15) is 5.82 Å². The topological polar surface area (TPSA) is 101 Å². The number of hydrogen-bond acceptors (Lipinski definition) is 4. The Morgan fingerprint density at radius 1 is 1.25 bits per heavy atom. The van der Waals surface area contributed by atoms with E-state index < -0.39 is 15.8 Å². The van der Waals surface area contributed by atoms with Crippen molar-refractivity contribution >= 4 is 34.0 Å². The van der Waals surface area contributed by atoms with Gasteiger partial charge in [-0.1, -0.05) is 12.1 Å². The molecule has 1 fully saturated rings. The lowest BCUT2D eigenvalue weighted by molar-refractivity contribution is 0.0934. The van der Waals surface area contributed by atoms with Crippen LogP contribution in [0, 0.1) is 18.7 Å². The Balaban J connectivity index is 0.00000280. The maximum atomic E-state index is 13.4. The maximum absolute atomic E-state index is 13.4. The van der Waals surface area contributed by atoms with Crippen LogP contribution in [0.4, 0.5) is 10.1 Å². The highest BCUT2D eigenvalue weighted by Gasteiger charge is 2.32. The van der Waals surface area contributed by atoms with Crippen LogP contribution >= 0.6 is 12.4 Å². The number of halogens is 2. The van der Waals surface area contributed by atoms with Crippen LogP contribution in [0.15, 0.2) is 47.4 Å². The molecular weight excluding hydrogens is 405 g/mol. The number of sulfonamides is 1. The third-order valence-corrected chi connectivity index (χ3v) is 5.98. The van der Waals surface area contributed by atoms with Gasteiger partial charge in [0.05, 0.1) is 16.1 Å². The fourth-order valence-electron chi connectivity index (χ4n) is 2.87. The molecular formula is C19H23ClFN3O3S. The highest BCUT2D eigenvalue weighted by Crippen LogP contribution is 2.32. The molecule has 9 heteroatoms. The zero-order valence-corrected chi connectivity index (χ0v) is 16.9. The van der Waals surface area contributed by atoms with Crippen molar-refractivity contribution in [2.24, 2.45) is 11.7 Å². The molecule has 0 radical (unpaired) electrons. The first kappa shape index (κ1) is 22.1. The van der Waals surface area contributed by atoms with Crippen LogP contribution in [-0.2, 0) is 10.0 Å². The average molecular weight is 428 g/mol. The standard InChI is InChI=1S/C19H22FN3O3S.ClH/c1-12-10-14(8-9-16(12)20)27(25,26)23-17-5-3-2-4-15(17)19(24)22-18(11-21)13-6-7-13;/h2-5,8-10,13,18,23H,6-7,11,21H2,1H3,(H,22,24);1H. The van der Waals surface area contributed by atoms with Crippen LogP contribution in [0.1, 0.15) is 28.8 Å². The molecule has 4 N–H and O–H groups in total. The highest BCUT2D eigenvalue weighted by molar-refractivity contribution is 7.92. The Morgan fingerprint density at radius 3 is 2.54 bits per heavy atom. The molecule has 1 saturated carbocycles. The van der Waals surface area contributed by atoms with Crippen LogP contribution in [0.3, 0.4) is 0 Å². The summed E-state index contributed by atoms with van der Waals surface area (Å²) in [7, 11) is -3.97.